The van der Waals surface area contributed by atoms with Gasteiger partial charge in [-0.1, -0.05) is 25.6 Å². The van der Waals surface area contributed by atoms with Gasteiger partial charge in [0, 0.05) is 31.0 Å². The van der Waals surface area contributed by atoms with E-state index in [2.05, 4.69) is 15.5 Å². The first-order valence-corrected chi connectivity index (χ1v) is 9.98. The van der Waals surface area contributed by atoms with Crippen LogP contribution >= 0.6 is 0 Å². The smallest absolute Gasteiger partial charge is 0.321 e. The SMILES string of the molecule is C.Cc1cc(N2CCNC2=O)ccc1-n1ccc(=O)c(-c2ccnn2-c2ccccc2)n1. The lowest BCUT2D eigenvalue weighted by molar-refractivity contribution is 0.252. The van der Waals surface area contributed by atoms with Crippen LogP contribution in [0.2, 0.25) is 0 Å². The van der Waals surface area contributed by atoms with Crippen LogP contribution in [0, 0.1) is 6.92 Å². The minimum Gasteiger partial charge on any atom is -0.336 e. The van der Waals surface area contributed by atoms with Crippen molar-refractivity contribution in [2.75, 3.05) is 18.0 Å². The Morgan fingerprint density at radius 3 is 2.50 bits per heavy atom. The maximum absolute atomic E-state index is 12.7. The van der Waals surface area contributed by atoms with Crippen LogP contribution < -0.4 is 15.6 Å². The van der Waals surface area contributed by atoms with Crippen molar-refractivity contribution in [1.29, 1.82) is 0 Å². The minimum absolute atomic E-state index is 0. The van der Waals surface area contributed by atoms with Crippen molar-refractivity contribution < 1.29 is 4.79 Å². The first-order valence-electron chi connectivity index (χ1n) is 9.98. The van der Waals surface area contributed by atoms with E-state index < -0.39 is 0 Å². The van der Waals surface area contributed by atoms with Gasteiger partial charge in [0.15, 0.2) is 5.69 Å². The van der Waals surface area contributed by atoms with E-state index in [9.17, 15) is 9.59 Å². The lowest BCUT2D eigenvalue weighted by atomic mass is 10.1. The Morgan fingerprint density at radius 2 is 1.78 bits per heavy atom. The number of amides is 2. The number of anilines is 1. The van der Waals surface area contributed by atoms with Crippen LogP contribution in [0.3, 0.4) is 0 Å². The molecular formula is C24H24N6O2. The summed E-state index contributed by atoms with van der Waals surface area (Å²) in [5.41, 5.74) is 4.20. The topological polar surface area (TPSA) is 85.0 Å². The van der Waals surface area contributed by atoms with Crippen molar-refractivity contribution in [2.24, 2.45) is 0 Å². The number of benzene rings is 2. The van der Waals surface area contributed by atoms with E-state index in [4.69, 9.17) is 0 Å². The summed E-state index contributed by atoms with van der Waals surface area (Å²) < 4.78 is 3.39. The number of hydrogen-bond acceptors (Lipinski definition) is 4. The molecule has 8 nitrogen and oxygen atoms in total. The number of carbonyl (C=O) groups is 1. The highest BCUT2D eigenvalue weighted by Crippen LogP contribution is 2.24. The van der Waals surface area contributed by atoms with Crippen LogP contribution in [0.4, 0.5) is 10.5 Å². The number of para-hydroxylation sites is 1. The summed E-state index contributed by atoms with van der Waals surface area (Å²) >= 11 is 0. The molecule has 2 amide bonds. The monoisotopic (exact) mass is 428 g/mol. The molecule has 0 bridgehead atoms. The lowest BCUT2D eigenvalue weighted by Gasteiger charge is -2.17. The number of nitrogens with one attached hydrogen (secondary N) is 1. The predicted octanol–water partition coefficient (Wildman–Crippen LogP) is 3.56. The number of aryl methyl sites for hydroxylation is 1. The second kappa shape index (κ2) is 8.50. The molecule has 1 aliphatic heterocycles. The van der Waals surface area contributed by atoms with Crippen molar-refractivity contribution >= 4 is 11.7 Å². The summed E-state index contributed by atoms with van der Waals surface area (Å²) in [6.07, 6.45) is 3.31. The van der Waals surface area contributed by atoms with E-state index in [0.29, 0.717) is 24.5 Å². The molecule has 0 saturated carbocycles. The zero-order valence-electron chi connectivity index (χ0n) is 16.9. The molecule has 162 valence electrons. The zero-order valence-corrected chi connectivity index (χ0v) is 16.9. The maximum atomic E-state index is 12.7. The Morgan fingerprint density at radius 1 is 0.969 bits per heavy atom. The summed E-state index contributed by atoms with van der Waals surface area (Å²) in [5, 5.41) is 11.8. The van der Waals surface area contributed by atoms with Gasteiger partial charge in [-0.2, -0.15) is 10.2 Å². The molecule has 1 saturated heterocycles. The Balaban J connectivity index is 0.00000245. The third kappa shape index (κ3) is 3.66. The van der Waals surface area contributed by atoms with Crippen molar-refractivity contribution in [3.05, 3.63) is 88.8 Å². The fourth-order valence-corrected chi connectivity index (χ4v) is 3.76. The fourth-order valence-electron chi connectivity index (χ4n) is 3.76. The van der Waals surface area contributed by atoms with E-state index in [1.165, 1.54) is 6.07 Å². The van der Waals surface area contributed by atoms with E-state index >= 15 is 0 Å². The van der Waals surface area contributed by atoms with Gasteiger partial charge in [0.05, 0.1) is 23.3 Å². The molecule has 0 radical (unpaired) electrons. The van der Waals surface area contributed by atoms with Crippen molar-refractivity contribution in [3.63, 3.8) is 0 Å². The molecule has 2 aromatic heterocycles. The number of nitrogens with zero attached hydrogens (tertiary/aromatic N) is 5. The standard InChI is InChI=1S/C23H20N6O2.CH4/c1-16-15-18(27-14-12-24-23(27)31)7-8-19(16)28-13-10-21(30)22(26-28)20-9-11-25-29(20)17-5-3-2-4-6-17;/h2-11,13,15H,12,14H2,1H3,(H,24,31);1H4. The van der Waals surface area contributed by atoms with Crippen LogP contribution in [0.25, 0.3) is 22.8 Å². The third-order valence-corrected chi connectivity index (χ3v) is 5.29. The summed E-state index contributed by atoms with van der Waals surface area (Å²) in [5.74, 6) is 0. The second-order valence-electron chi connectivity index (χ2n) is 7.29. The van der Waals surface area contributed by atoms with Gasteiger partial charge in [0.2, 0.25) is 5.43 Å². The number of hydrogen-bond donors (Lipinski definition) is 1. The number of carbonyl (C=O) groups excluding carboxylic acids is 1. The average Bonchev–Trinajstić information content (AvgIpc) is 3.44. The molecule has 3 heterocycles. The molecule has 0 spiro atoms. The highest BCUT2D eigenvalue weighted by atomic mass is 16.2. The van der Waals surface area contributed by atoms with Gasteiger partial charge in [-0.15, -0.1) is 0 Å². The van der Waals surface area contributed by atoms with Gasteiger partial charge in [0.1, 0.15) is 0 Å². The summed E-state index contributed by atoms with van der Waals surface area (Å²) in [4.78, 5) is 26.3. The average molecular weight is 428 g/mol. The number of urea groups is 1. The highest BCUT2D eigenvalue weighted by Gasteiger charge is 2.21. The number of rotatable bonds is 4. The van der Waals surface area contributed by atoms with E-state index in [0.717, 1.165) is 22.6 Å². The first kappa shape index (κ1) is 21.0. The molecule has 5 rings (SSSR count). The maximum Gasteiger partial charge on any atom is 0.321 e. The summed E-state index contributed by atoms with van der Waals surface area (Å²) in [6, 6.07) is 18.6. The highest BCUT2D eigenvalue weighted by molar-refractivity contribution is 5.94. The molecule has 1 aliphatic rings. The number of aromatic nitrogens is 4. The van der Waals surface area contributed by atoms with Crippen molar-refractivity contribution in [3.8, 4) is 22.8 Å². The Kier molecular flexibility index (Phi) is 5.59. The van der Waals surface area contributed by atoms with E-state index in [1.807, 2.05) is 55.5 Å². The van der Waals surface area contributed by atoms with Crippen LogP contribution in [0.15, 0.2) is 77.9 Å². The van der Waals surface area contributed by atoms with Gasteiger partial charge in [-0.3, -0.25) is 9.69 Å². The van der Waals surface area contributed by atoms with Crippen LogP contribution in [0.5, 0.6) is 0 Å². The summed E-state index contributed by atoms with van der Waals surface area (Å²) in [7, 11) is 0. The lowest BCUT2D eigenvalue weighted by Crippen LogP contribution is -2.27. The molecular weight excluding hydrogens is 404 g/mol. The Hall–Kier alpha value is -4.20. The van der Waals surface area contributed by atoms with Crippen LogP contribution in [0.1, 0.15) is 13.0 Å². The molecule has 8 heteroatoms. The van der Waals surface area contributed by atoms with Gasteiger partial charge in [0.25, 0.3) is 0 Å². The van der Waals surface area contributed by atoms with E-state index in [-0.39, 0.29) is 18.9 Å². The van der Waals surface area contributed by atoms with Crippen molar-refractivity contribution in [1.82, 2.24) is 24.9 Å². The minimum atomic E-state index is -0.183. The first-order chi connectivity index (χ1) is 15.1. The molecule has 1 N–H and O–H groups in total. The molecule has 0 aliphatic carbocycles. The Bertz CT molecular complexity index is 1330. The largest absolute Gasteiger partial charge is 0.336 e. The van der Waals surface area contributed by atoms with E-state index in [1.54, 1.807) is 32.7 Å². The van der Waals surface area contributed by atoms with Gasteiger partial charge in [-0.05, 0) is 48.9 Å². The summed E-state index contributed by atoms with van der Waals surface area (Å²) in [6.45, 7) is 3.24. The molecule has 4 aromatic rings. The molecule has 0 atom stereocenters. The molecule has 2 aromatic carbocycles. The Labute approximate surface area is 185 Å². The molecule has 0 unspecified atom stereocenters. The van der Waals surface area contributed by atoms with Crippen LogP contribution in [-0.4, -0.2) is 38.7 Å². The fraction of sp³-hybridized carbons (Fsp3) is 0.167. The zero-order chi connectivity index (χ0) is 21.4. The van der Waals surface area contributed by atoms with Crippen LogP contribution in [-0.2, 0) is 0 Å². The second-order valence-corrected chi connectivity index (χ2v) is 7.29. The van der Waals surface area contributed by atoms with Gasteiger partial charge in [-0.25, -0.2) is 14.2 Å². The normalized spacial score (nSPS) is 13.0. The quantitative estimate of drug-likeness (QED) is 0.539. The van der Waals surface area contributed by atoms with Gasteiger partial charge < -0.3 is 5.32 Å². The van der Waals surface area contributed by atoms with Crippen molar-refractivity contribution in [2.45, 2.75) is 14.4 Å². The third-order valence-electron chi connectivity index (χ3n) is 5.29. The molecule has 32 heavy (non-hydrogen) atoms. The van der Waals surface area contributed by atoms with Gasteiger partial charge >= 0.3 is 6.03 Å². The molecule has 1 fully saturated rings. The predicted molar refractivity (Wildman–Crippen MR) is 125 cm³/mol.